The maximum atomic E-state index is 10.9. The fraction of sp³-hybridized carbons (Fsp3) is 0.556. The molecule has 14 heavy (non-hydrogen) atoms. The van der Waals surface area contributed by atoms with Crippen LogP contribution in [0.3, 0.4) is 0 Å². The van der Waals surface area contributed by atoms with Crippen molar-refractivity contribution in [3.63, 3.8) is 0 Å². The number of amides is 1. The molecule has 2 heterocycles. The van der Waals surface area contributed by atoms with Gasteiger partial charge in [-0.15, -0.1) is 0 Å². The van der Waals surface area contributed by atoms with Crippen LogP contribution in [-0.2, 0) is 7.05 Å². The number of carboxylic acid groups (broad SMARTS) is 1. The van der Waals surface area contributed by atoms with E-state index in [0.29, 0.717) is 6.54 Å². The number of hydrogen-bond donors (Lipinski definition) is 1. The highest BCUT2D eigenvalue weighted by atomic mass is 16.4. The molecule has 0 radical (unpaired) electrons. The Morgan fingerprint density at radius 2 is 2.50 bits per heavy atom. The average molecular weight is 195 g/mol. The summed E-state index contributed by atoms with van der Waals surface area (Å²) in [6.07, 6.45) is 2.69. The standard InChI is InChI=1S/C9H13N3O2/c1-11-7(4-5-10-11)8-3-2-6-12(8)9(13)14/h4-5,8H,2-3,6H2,1H3,(H,13,14). The monoisotopic (exact) mass is 195 g/mol. The number of carbonyl (C=O) groups is 1. The molecule has 76 valence electrons. The maximum Gasteiger partial charge on any atom is 0.407 e. The first-order valence-electron chi connectivity index (χ1n) is 4.67. The Labute approximate surface area is 81.9 Å². The summed E-state index contributed by atoms with van der Waals surface area (Å²) in [5.74, 6) is 0. The number of likely N-dealkylation sites (tertiary alicyclic amines) is 1. The van der Waals surface area contributed by atoms with Crippen molar-refractivity contribution in [1.82, 2.24) is 14.7 Å². The van der Waals surface area contributed by atoms with Gasteiger partial charge in [0.2, 0.25) is 0 Å². The molecule has 0 aliphatic carbocycles. The molecule has 1 saturated heterocycles. The van der Waals surface area contributed by atoms with Gasteiger partial charge in [-0.3, -0.25) is 9.58 Å². The van der Waals surface area contributed by atoms with Crippen molar-refractivity contribution in [3.8, 4) is 0 Å². The lowest BCUT2D eigenvalue weighted by Crippen LogP contribution is -2.29. The normalized spacial score (nSPS) is 21.5. The smallest absolute Gasteiger partial charge is 0.407 e. The molecular formula is C9H13N3O2. The number of hydrogen-bond acceptors (Lipinski definition) is 2. The Hall–Kier alpha value is -1.52. The van der Waals surface area contributed by atoms with Gasteiger partial charge in [0.15, 0.2) is 0 Å². The van der Waals surface area contributed by atoms with E-state index in [1.165, 1.54) is 4.90 Å². The van der Waals surface area contributed by atoms with Crippen molar-refractivity contribution in [2.45, 2.75) is 18.9 Å². The third-order valence-electron chi connectivity index (χ3n) is 2.70. The Balaban J connectivity index is 2.26. The van der Waals surface area contributed by atoms with Crippen molar-refractivity contribution in [2.24, 2.45) is 7.05 Å². The van der Waals surface area contributed by atoms with Crippen molar-refractivity contribution < 1.29 is 9.90 Å². The van der Waals surface area contributed by atoms with E-state index < -0.39 is 6.09 Å². The van der Waals surface area contributed by atoms with Gasteiger partial charge in [-0.25, -0.2) is 4.79 Å². The van der Waals surface area contributed by atoms with Crippen LogP contribution in [0.25, 0.3) is 0 Å². The summed E-state index contributed by atoms with van der Waals surface area (Å²) in [5.41, 5.74) is 0.977. The lowest BCUT2D eigenvalue weighted by Gasteiger charge is -2.21. The second-order valence-corrected chi connectivity index (χ2v) is 3.51. The van der Waals surface area contributed by atoms with E-state index in [0.717, 1.165) is 18.5 Å². The molecule has 1 unspecified atom stereocenters. The zero-order valence-corrected chi connectivity index (χ0v) is 8.05. The highest BCUT2D eigenvalue weighted by molar-refractivity contribution is 5.66. The van der Waals surface area contributed by atoms with Gasteiger partial charge < -0.3 is 5.11 Å². The molecule has 0 spiro atoms. The number of aromatic nitrogens is 2. The summed E-state index contributed by atoms with van der Waals surface area (Å²) >= 11 is 0. The topological polar surface area (TPSA) is 58.4 Å². The Bertz CT molecular complexity index is 348. The molecule has 5 heteroatoms. The van der Waals surface area contributed by atoms with Crippen molar-refractivity contribution in [1.29, 1.82) is 0 Å². The molecule has 1 N–H and O–H groups in total. The SMILES string of the molecule is Cn1nccc1C1CCCN1C(=O)O. The first kappa shape index (κ1) is 9.05. The van der Waals surface area contributed by atoms with E-state index in [1.54, 1.807) is 10.9 Å². The van der Waals surface area contributed by atoms with Crippen LogP contribution in [0, 0.1) is 0 Å². The largest absolute Gasteiger partial charge is 0.465 e. The minimum atomic E-state index is -0.839. The van der Waals surface area contributed by atoms with Gasteiger partial charge in [-0.1, -0.05) is 0 Å². The molecule has 1 fully saturated rings. The lowest BCUT2D eigenvalue weighted by molar-refractivity contribution is 0.138. The second kappa shape index (κ2) is 3.32. The van der Waals surface area contributed by atoms with Crippen LogP contribution in [0.4, 0.5) is 4.79 Å². The molecule has 5 nitrogen and oxygen atoms in total. The minimum absolute atomic E-state index is 0.0139. The molecule has 0 saturated carbocycles. The van der Waals surface area contributed by atoms with Crippen LogP contribution in [0.1, 0.15) is 24.6 Å². The van der Waals surface area contributed by atoms with Gasteiger partial charge in [-0.2, -0.15) is 5.10 Å². The van der Waals surface area contributed by atoms with Crippen LogP contribution in [0.2, 0.25) is 0 Å². The number of rotatable bonds is 1. The summed E-state index contributed by atoms with van der Waals surface area (Å²) < 4.78 is 1.74. The van der Waals surface area contributed by atoms with E-state index in [2.05, 4.69) is 5.10 Å². The minimum Gasteiger partial charge on any atom is -0.465 e. The van der Waals surface area contributed by atoms with Gasteiger partial charge in [0.05, 0.1) is 11.7 Å². The van der Waals surface area contributed by atoms with Gasteiger partial charge in [0.25, 0.3) is 0 Å². The molecule has 1 aromatic heterocycles. The van der Waals surface area contributed by atoms with E-state index >= 15 is 0 Å². The fourth-order valence-corrected chi connectivity index (χ4v) is 2.01. The lowest BCUT2D eigenvalue weighted by atomic mass is 10.1. The molecular weight excluding hydrogens is 182 g/mol. The van der Waals surface area contributed by atoms with Crippen molar-refractivity contribution in [3.05, 3.63) is 18.0 Å². The number of aryl methyl sites for hydroxylation is 1. The molecule has 1 aromatic rings. The average Bonchev–Trinajstić information content (AvgIpc) is 2.70. The molecule has 1 amide bonds. The Morgan fingerprint density at radius 3 is 3.07 bits per heavy atom. The molecule has 1 aliphatic heterocycles. The maximum absolute atomic E-state index is 10.9. The van der Waals surface area contributed by atoms with E-state index in [4.69, 9.17) is 5.11 Å². The highest BCUT2D eigenvalue weighted by Crippen LogP contribution is 2.31. The highest BCUT2D eigenvalue weighted by Gasteiger charge is 2.31. The van der Waals surface area contributed by atoms with Gasteiger partial charge in [-0.05, 0) is 18.9 Å². The predicted molar refractivity (Wildman–Crippen MR) is 49.9 cm³/mol. The third kappa shape index (κ3) is 1.34. The summed E-state index contributed by atoms with van der Waals surface area (Å²) in [7, 11) is 1.84. The molecule has 0 aromatic carbocycles. The quantitative estimate of drug-likeness (QED) is 0.733. The molecule has 1 aliphatic rings. The first-order valence-corrected chi connectivity index (χ1v) is 4.67. The molecule has 0 bridgehead atoms. The van der Waals surface area contributed by atoms with Crippen LogP contribution < -0.4 is 0 Å². The third-order valence-corrected chi connectivity index (χ3v) is 2.70. The van der Waals surface area contributed by atoms with E-state index in [-0.39, 0.29) is 6.04 Å². The van der Waals surface area contributed by atoms with E-state index in [9.17, 15) is 4.79 Å². The van der Waals surface area contributed by atoms with Crippen LogP contribution in [-0.4, -0.2) is 32.4 Å². The Kier molecular flexibility index (Phi) is 2.15. The second-order valence-electron chi connectivity index (χ2n) is 3.51. The Morgan fingerprint density at radius 1 is 1.71 bits per heavy atom. The predicted octanol–water partition coefficient (Wildman–Crippen LogP) is 1.24. The van der Waals surface area contributed by atoms with Crippen LogP contribution >= 0.6 is 0 Å². The number of nitrogens with zero attached hydrogens (tertiary/aromatic N) is 3. The van der Waals surface area contributed by atoms with Crippen LogP contribution in [0.15, 0.2) is 12.3 Å². The zero-order valence-electron chi connectivity index (χ0n) is 8.05. The van der Waals surface area contributed by atoms with Crippen molar-refractivity contribution in [2.75, 3.05) is 6.54 Å². The summed E-state index contributed by atoms with van der Waals surface area (Å²) in [5, 5.41) is 13.0. The summed E-state index contributed by atoms with van der Waals surface area (Å²) in [6, 6.07) is 1.87. The van der Waals surface area contributed by atoms with Gasteiger partial charge in [0.1, 0.15) is 0 Å². The zero-order chi connectivity index (χ0) is 10.1. The van der Waals surface area contributed by atoms with Gasteiger partial charge in [0, 0.05) is 19.8 Å². The van der Waals surface area contributed by atoms with Crippen molar-refractivity contribution >= 4 is 6.09 Å². The first-order chi connectivity index (χ1) is 6.70. The molecule has 2 rings (SSSR count). The fourth-order valence-electron chi connectivity index (χ4n) is 2.01. The summed E-state index contributed by atoms with van der Waals surface area (Å²) in [6.45, 7) is 0.630. The molecule has 1 atom stereocenters. The van der Waals surface area contributed by atoms with Crippen LogP contribution in [0.5, 0.6) is 0 Å². The van der Waals surface area contributed by atoms with E-state index in [1.807, 2.05) is 13.1 Å². The summed E-state index contributed by atoms with van der Waals surface area (Å²) in [4.78, 5) is 12.4. The van der Waals surface area contributed by atoms with Gasteiger partial charge >= 0.3 is 6.09 Å².